The normalized spacial score (nSPS) is 18.8. The zero-order valence-corrected chi connectivity index (χ0v) is 13.1. The SMILES string of the molecule is CCCCCCCCCCNCCN1CCC(F)(F)C1. The molecule has 0 radical (unpaired) electrons. The molecule has 4 heteroatoms. The largest absolute Gasteiger partial charge is 0.315 e. The molecule has 0 aromatic rings. The molecule has 1 aliphatic heterocycles. The molecule has 120 valence electrons. The molecule has 0 aromatic carbocycles. The minimum Gasteiger partial charge on any atom is -0.315 e. The van der Waals surface area contributed by atoms with Crippen molar-refractivity contribution in [2.75, 3.05) is 32.7 Å². The van der Waals surface area contributed by atoms with E-state index in [-0.39, 0.29) is 13.0 Å². The lowest BCUT2D eigenvalue weighted by molar-refractivity contribution is 0.0124. The highest BCUT2D eigenvalue weighted by molar-refractivity contribution is 4.81. The van der Waals surface area contributed by atoms with E-state index in [0.717, 1.165) is 19.6 Å². The van der Waals surface area contributed by atoms with Gasteiger partial charge in [-0.2, -0.15) is 0 Å². The van der Waals surface area contributed by atoms with E-state index >= 15 is 0 Å². The van der Waals surface area contributed by atoms with Gasteiger partial charge in [-0.25, -0.2) is 8.78 Å². The number of hydrogen-bond donors (Lipinski definition) is 1. The second-order valence-electron chi connectivity index (χ2n) is 6.11. The summed E-state index contributed by atoms with van der Waals surface area (Å²) in [7, 11) is 0. The van der Waals surface area contributed by atoms with Crippen molar-refractivity contribution in [3.8, 4) is 0 Å². The lowest BCUT2D eigenvalue weighted by Gasteiger charge is -2.15. The molecular formula is C16H32F2N2. The van der Waals surface area contributed by atoms with Crippen molar-refractivity contribution in [3.63, 3.8) is 0 Å². The van der Waals surface area contributed by atoms with Crippen LogP contribution in [0.15, 0.2) is 0 Å². The third-order valence-electron chi connectivity index (χ3n) is 4.06. The van der Waals surface area contributed by atoms with Crippen LogP contribution in [0.4, 0.5) is 8.78 Å². The minimum absolute atomic E-state index is 0.0328. The second kappa shape index (κ2) is 10.5. The van der Waals surface area contributed by atoms with Crippen molar-refractivity contribution in [1.82, 2.24) is 10.2 Å². The van der Waals surface area contributed by atoms with E-state index in [1.807, 2.05) is 4.90 Å². The third kappa shape index (κ3) is 8.85. The topological polar surface area (TPSA) is 15.3 Å². The van der Waals surface area contributed by atoms with Crippen LogP contribution in [0.5, 0.6) is 0 Å². The molecule has 2 nitrogen and oxygen atoms in total. The molecule has 1 aliphatic rings. The van der Waals surface area contributed by atoms with E-state index in [1.54, 1.807) is 0 Å². The molecule has 1 rings (SSSR count). The summed E-state index contributed by atoms with van der Waals surface area (Å²) in [6, 6.07) is 0. The van der Waals surface area contributed by atoms with Gasteiger partial charge in [-0.15, -0.1) is 0 Å². The Morgan fingerprint density at radius 3 is 2.20 bits per heavy atom. The Morgan fingerprint density at radius 1 is 0.950 bits per heavy atom. The molecule has 0 saturated carbocycles. The summed E-state index contributed by atoms with van der Waals surface area (Å²) in [6.45, 7) is 5.37. The first-order valence-electron chi connectivity index (χ1n) is 8.45. The van der Waals surface area contributed by atoms with Gasteiger partial charge in [0.2, 0.25) is 0 Å². The van der Waals surface area contributed by atoms with Crippen LogP contribution in [0, 0.1) is 0 Å². The monoisotopic (exact) mass is 290 g/mol. The first-order valence-corrected chi connectivity index (χ1v) is 8.45. The maximum Gasteiger partial charge on any atom is 0.261 e. The van der Waals surface area contributed by atoms with Gasteiger partial charge in [-0.3, -0.25) is 4.90 Å². The smallest absolute Gasteiger partial charge is 0.261 e. The molecule has 20 heavy (non-hydrogen) atoms. The lowest BCUT2D eigenvalue weighted by atomic mass is 10.1. The van der Waals surface area contributed by atoms with Crippen molar-refractivity contribution in [2.24, 2.45) is 0 Å². The molecule has 0 unspecified atom stereocenters. The highest BCUT2D eigenvalue weighted by Gasteiger charge is 2.37. The van der Waals surface area contributed by atoms with E-state index < -0.39 is 5.92 Å². The molecule has 0 spiro atoms. The van der Waals surface area contributed by atoms with Crippen molar-refractivity contribution >= 4 is 0 Å². The molecule has 1 saturated heterocycles. The quantitative estimate of drug-likeness (QED) is 0.545. The van der Waals surface area contributed by atoms with Crippen LogP contribution in [0.1, 0.15) is 64.7 Å². The number of alkyl halides is 2. The second-order valence-corrected chi connectivity index (χ2v) is 6.11. The maximum atomic E-state index is 13.0. The van der Waals surface area contributed by atoms with Crippen LogP contribution in [0.25, 0.3) is 0 Å². The Hall–Kier alpha value is -0.220. The summed E-state index contributed by atoms with van der Waals surface area (Å²) in [5, 5.41) is 3.36. The molecule has 1 heterocycles. The summed E-state index contributed by atoms with van der Waals surface area (Å²) in [5.74, 6) is -2.45. The van der Waals surface area contributed by atoms with Gasteiger partial charge in [-0.05, 0) is 13.0 Å². The van der Waals surface area contributed by atoms with Crippen LogP contribution < -0.4 is 5.32 Å². The van der Waals surface area contributed by atoms with E-state index in [1.165, 1.54) is 51.4 Å². The number of halogens is 2. The lowest BCUT2D eigenvalue weighted by Crippen LogP contribution is -2.32. The Bertz CT molecular complexity index is 235. The highest BCUT2D eigenvalue weighted by atomic mass is 19.3. The summed E-state index contributed by atoms with van der Waals surface area (Å²) in [6.07, 6.45) is 10.7. The van der Waals surface area contributed by atoms with Crippen molar-refractivity contribution in [2.45, 2.75) is 70.6 Å². The average Bonchev–Trinajstić information content (AvgIpc) is 2.75. The Balaban J connectivity index is 1.77. The Morgan fingerprint density at radius 2 is 1.60 bits per heavy atom. The molecule has 0 aromatic heterocycles. The number of unbranched alkanes of at least 4 members (excludes halogenated alkanes) is 7. The fraction of sp³-hybridized carbons (Fsp3) is 1.00. The third-order valence-corrected chi connectivity index (χ3v) is 4.06. The number of likely N-dealkylation sites (tertiary alicyclic amines) is 1. The first kappa shape index (κ1) is 17.8. The molecule has 0 atom stereocenters. The van der Waals surface area contributed by atoms with Gasteiger partial charge in [0.15, 0.2) is 0 Å². The first-order chi connectivity index (χ1) is 9.64. The van der Waals surface area contributed by atoms with Crippen molar-refractivity contribution in [3.05, 3.63) is 0 Å². The van der Waals surface area contributed by atoms with Gasteiger partial charge in [0, 0.05) is 26.1 Å². The van der Waals surface area contributed by atoms with Crippen LogP contribution in [0.3, 0.4) is 0 Å². The zero-order valence-electron chi connectivity index (χ0n) is 13.1. The van der Waals surface area contributed by atoms with E-state index in [0.29, 0.717) is 6.54 Å². The van der Waals surface area contributed by atoms with Gasteiger partial charge in [0.05, 0.1) is 6.54 Å². The van der Waals surface area contributed by atoms with Gasteiger partial charge in [0.1, 0.15) is 0 Å². The molecule has 1 N–H and O–H groups in total. The predicted octanol–water partition coefficient (Wildman–Crippen LogP) is 4.06. The van der Waals surface area contributed by atoms with Crippen LogP contribution in [0.2, 0.25) is 0 Å². The summed E-state index contributed by atoms with van der Waals surface area (Å²) in [5.41, 5.74) is 0. The van der Waals surface area contributed by atoms with Gasteiger partial charge >= 0.3 is 0 Å². The van der Waals surface area contributed by atoms with Gasteiger partial charge in [0.25, 0.3) is 5.92 Å². The summed E-state index contributed by atoms with van der Waals surface area (Å²) >= 11 is 0. The molecule has 0 amide bonds. The molecule has 0 aliphatic carbocycles. The Kier molecular flexibility index (Phi) is 9.36. The van der Waals surface area contributed by atoms with Crippen LogP contribution in [-0.4, -0.2) is 43.5 Å². The molecule has 1 fully saturated rings. The van der Waals surface area contributed by atoms with Crippen LogP contribution in [-0.2, 0) is 0 Å². The summed E-state index contributed by atoms with van der Waals surface area (Å²) < 4.78 is 25.9. The fourth-order valence-corrected chi connectivity index (χ4v) is 2.74. The number of hydrogen-bond acceptors (Lipinski definition) is 2. The average molecular weight is 290 g/mol. The fourth-order valence-electron chi connectivity index (χ4n) is 2.74. The number of rotatable bonds is 12. The van der Waals surface area contributed by atoms with Gasteiger partial charge in [-0.1, -0.05) is 51.9 Å². The summed E-state index contributed by atoms with van der Waals surface area (Å²) in [4.78, 5) is 1.86. The maximum absolute atomic E-state index is 13.0. The van der Waals surface area contributed by atoms with Gasteiger partial charge < -0.3 is 5.32 Å². The van der Waals surface area contributed by atoms with Crippen molar-refractivity contribution in [1.29, 1.82) is 0 Å². The molecule has 0 bridgehead atoms. The molecular weight excluding hydrogens is 258 g/mol. The van der Waals surface area contributed by atoms with Crippen LogP contribution >= 0.6 is 0 Å². The highest BCUT2D eigenvalue weighted by Crippen LogP contribution is 2.26. The van der Waals surface area contributed by atoms with E-state index in [4.69, 9.17) is 0 Å². The van der Waals surface area contributed by atoms with E-state index in [9.17, 15) is 8.78 Å². The van der Waals surface area contributed by atoms with E-state index in [2.05, 4.69) is 12.2 Å². The zero-order chi connectivity index (χ0) is 14.7. The number of nitrogens with one attached hydrogen (secondary N) is 1. The van der Waals surface area contributed by atoms with Crippen molar-refractivity contribution < 1.29 is 8.78 Å². The standard InChI is InChI=1S/C16H32F2N2/c1-2-3-4-5-6-7-8-9-11-19-12-14-20-13-10-16(17,18)15-20/h19H,2-15H2,1H3. The Labute approximate surface area is 123 Å². The minimum atomic E-state index is -2.45. The number of nitrogens with zero attached hydrogens (tertiary/aromatic N) is 1. The predicted molar refractivity (Wildman–Crippen MR) is 81.5 cm³/mol.